The number of nitrogens with two attached hydrogens (primary N) is 1. The van der Waals surface area contributed by atoms with Crippen molar-refractivity contribution in [1.29, 1.82) is 5.26 Å². The summed E-state index contributed by atoms with van der Waals surface area (Å²) in [6.45, 7) is 3.83. The maximum Gasteiger partial charge on any atom is 0.315 e. The van der Waals surface area contributed by atoms with Gasteiger partial charge in [0, 0.05) is 24.5 Å². The maximum absolute atomic E-state index is 12.9. The predicted octanol–water partition coefficient (Wildman–Crippen LogP) is 2.76. The number of nitriles is 1. The van der Waals surface area contributed by atoms with E-state index in [1.807, 2.05) is 19.9 Å². The van der Waals surface area contributed by atoms with Crippen LogP contribution in [0.5, 0.6) is 11.5 Å². The first-order valence-electron chi connectivity index (χ1n) is 8.48. The second-order valence-corrected chi connectivity index (χ2v) is 7.55. The summed E-state index contributed by atoms with van der Waals surface area (Å²) in [6.07, 6.45) is 0.656. The number of nitro benzene ring substituents is 1. The summed E-state index contributed by atoms with van der Waals surface area (Å²) >= 11 is 0. The summed E-state index contributed by atoms with van der Waals surface area (Å²) in [5.41, 5.74) is 5.48. The van der Waals surface area contributed by atoms with E-state index in [4.69, 9.17) is 15.2 Å². The summed E-state index contributed by atoms with van der Waals surface area (Å²) in [4.78, 5) is 23.6. The van der Waals surface area contributed by atoms with E-state index in [2.05, 4.69) is 0 Å². The number of phenolic OH excluding ortho intramolecular Hbond substituents is 1. The number of benzene rings is 1. The van der Waals surface area contributed by atoms with E-state index < -0.39 is 22.3 Å². The Hall–Kier alpha value is -3.54. The number of nitro groups is 1. The molecule has 1 atom stereocenters. The highest BCUT2D eigenvalue weighted by atomic mass is 16.6. The van der Waals surface area contributed by atoms with Gasteiger partial charge in [0.05, 0.1) is 18.0 Å². The van der Waals surface area contributed by atoms with E-state index in [0.29, 0.717) is 12.2 Å². The molecule has 1 aromatic carbocycles. The number of aromatic hydroxyl groups is 1. The molecule has 9 heteroatoms. The molecule has 1 aliphatic heterocycles. The van der Waals surface area contributed by atoms with Crippen LogP contribution in [-0.2, 0) is 9.53 Å². The zero-order valence-corrected chi connectivity index (χ0v) is 15.6. The third-order valence-corrected chi connectivity index (χ3v) is 4.88. The Labute approximate surface area is 160 Å². The molecule has 9 nitrogen and oxygen atoms in total. The largest absolute Gasteiger partial charge is 0.504 e. The third kappa shape index (κ3) is 3.03. The van der Waals surface area contributed by atoms with Gasteiger partial charge in [0.25, 0.3) is 0 Å². The van der Waals surface area contributed by atoms with Crippen molar-refractivity contribution in [2.75, 3.05) is 7.11 Å². The molecule has 146 valence electrons. The molecule has 3 N–H and O–H groups in total. The van der Waals surface area contributed by atoms with Crippen molar-refractivity contribution in [2.45, 2.75) is 32.6 Å². The number of hydrogen-bond donors (Lipinski definition) is 2. The predicted molar refractivity (Wildman–Crippen MR) is 97.0 cm³/mol. The quantitative estimate of drug-likeness (QED) is 0.596. The van der Waals surface area contributed by atoms with Gasteiger partial charge in [0.1, 0.15) is 17.4 Å². The highest BCUT2D eigenvalue weighted by Crippen LogP contribution is 2.50. The fourth-order valence-electron chi connectivity index (χ4n) is 3.75. The van der Waals surface area contributed by atoms with Gasteiger partial charge in [-0.3, -0.25) is 14.9 Å². The summed E-state index contributed by atoms with van der Waals surface area (Å²) in [6, 6.07) is 4.35. The second kappa shape index (κ2) is 6.56. The van der Waals surface area contributed by atoms with Crippen molar-refractivity contribution >= 4 is 11.5 Å². The van der Waals surface area contributed by atoms with Crippen molar-refractivity contribution in [3.05, 3.63) is 50.6 Å². The number of hydrogen-bond acceptors (Lipinski definition) is 8. The van der Waals surface area contributed by atoms with Gasteiger partial charge >= 0.3 is 5.69 Å². The number of carbonyl (C=O) groups is 1. The molecule has 3 rings (SSSR count). The van der Waals surface area contributed by atoms with Crippen molar-refractivity contribution in [2.24, 2.45) is 11.1 Å². The lowest BCUT2D eigenvalue weighted by Gasteiger charge is -2.37. The average Bonchev–Trinajstić information content (AvgIpc) is 2.58. The van der Waals surface area contributed by atoms with Gasteiger partial charge in [-0.25, -0.2) is 0 Å². The topological polar surface area (TPSA) is 149 Å². The van der Waals surface area contributed by atoms with Crippen LogP contribution in [0.4, 0.5) is 5.69 Å². The Bertz CT molecular complexity index is 1000. The molecule has 0 saturated carbocycles. The lowest BCUT2D eigenvalue weighted by molar-refractivity contribution is -0.385. The Morgan fingerprint density at radius 2 is 2.11 bits per heavy atom. The first kappa shape index (κ1) is 19.2. The van der Waals surface area contributed by atoms with Crippen molar-refractivity contribution in [3.63, 3.8) is 0 Å². The van der Waals surface area contributed by atoms with Gasteiger partial charge in [0.2, 0.25) is 11.6 Å². The number of ether oxygens (including phenoxy) is 2. The minimum atomic E-state index is -0.965. The molecule has 0 saturated heterocycles. The number of allylic oxidation sites excluding steroid dienone is 3. The minimum Gasteiger partial charge on any atom is -0.504 e. The number of ketones is 1. The molecule has 0 spiro atoms. The van der Waals surface area contributed by atoms with Crippen LogP contribution in [0.2, 0.25) is 0 Å². The van der Waals surface area contributed by atoms with Crippen LogP contribution in [0, 0.1) is 26.9 Å². The van der Waals surface area contributed by atoms with E-state index in [-0.39, 0.29) is 46.0 Å². The molecule has 0 aromatic heterocycles. The number of carbonyl (C=O) groups excluding carboxylic acids is 1. The van der Waals surface area contributed by atoms with E-state index in [1.165, 1.54) is 19.2 Å². The van der Waals surface area contributed by atoms with Gasteiger partial charge in [0.15, 0.2) is 11.5 Å². The second-order valence-electron chi connectivity index (χ2n) is 7.55. The normalized spacial score (nSPS) is 20.9. The molecule has 1 aliphatic carbocycles. The van der Waals surface area contributed by atoms with Gasteiger partial charge < -0.3 is 20.3 Å². The lowest BCUT2D eigenvalue weighted by Crippen LogP contribution is -2.33. The average molecular weight is 385 g/mol. The number of rotatable bonds is 3. The Kier molecular flexibility index (Phi) is 4.51. The van der Waals surface area contributed by atoms with Crippen LogP contribution in [0.3, 0.4) is 0 Å². The molecular formula is C19H19N3O6. The van der Waals surface area contributed by atoms with Crippen LogP contribution in [0.1, 0.15) is 38.2 Å². The van der Waals surface area contributed by atoms with Crippen LogP contribution in [-0.4, -0.2) is 22.9 Å². The summed E-state index contributed by atoms with van der Waals surface area (Å²) < 4.78 is 10.5. The molecule has 28 heavy (non-hydrogen) atoms. The molecule has 2 aliphatic rings. The monoisotopic (exact) mass is 385 g/mol. The molecule has 0 fully saturated rings. The lowest BCUT2D eigenvalue weighted by atomic mass is 9.70. The zero-order chi connectivity index (χ0) is 20.8. The fourth-order valence-corrected chi connectivity index (χ4v) is 3.75. The molecule has 0 unspecified atom stereocenters. The highest BCUT2D eigenvalue weighted by Gasteiger charge is 2.43. The van der Waals surface area contributed by atoms with E-state index >= 15 is 0 Å². The Morgan fingerprint density at radius 1 is 1.43 bits per heavy atom. The molecule has 0 bridgehead atoms. The SMILES string of the molecule is COc1c(O)cc([C@H]2C(C#N)=C(N)OC3=C2C(=O)CC(C)(C)C3)cc1[N+](=O)[O-]. The van der Waals surface area contributed by atoms with Crippen LogP contribution >= 0.6 is 0 Å². The van der Waals surface area contributed by atoms with Crippen molar-refractivity contribution in [3.8, 4) is 17.6 Å². The van der Waals surface area contributed by atoms with E-state index in [0.717, 1.165) is 0 Å². The molecule has 1 aromatic rings. The van der Waals surface area contributed by atoms with Gasteiger partial charge in [-0.15, -0.1) is 0 Å². The maximum atomic E-state index is 12.9. The summed E-state index contributed by atoms with van der Waals surface area (Å²) in [5.74, 6) is -1.78. The fraction of sp³-hybridized carbons (Fsp3) is 0.368. The zero-order valence-electron chi connectivity index (χ0n) is 15.6. The van der Waals surface area contributed by atoms with Gasteiger partial charge in [-0.2, -0.15) is 5.26 Å². The molecule has 0 amide bonds. The molecule has 1 heterocycles. The minimum absolute atomic E-state index is 0.0364. The van der Waals surface area contributed by atoms with Gasteiger partial charge in [-0.05, 0) is 17.0 Å². The number of methoxy groups -OCH3 is 1. The molecule has 0 radical (unpaired) electrons. The van der Waals surface area contributed by atoms with Crippen molar-refractivity contribution < 1.29 is 24.3 Å². The Balaban J connectivity index is 2.27. The smallest absolute Gasteiger partial charge is 0.315 e. The standard InChI is InChI=1S/C19H19N3O6/c1-19(2)6-13(24)16-14(7-19)28-18(21)10(8-20)15(16)9-4-11(22(25)26)17(27-3)12(23)5-9/h4-5,15,23H,6-7,21H2,1-3H3/t15-/m0/s1. The van der Waals surface area contributed by atoms with Gasteiger partial charge in [-0.1, -0.05) is 13.8 Å². The van der Waals surface area contributed by atoms with E-state index in [9.17, 15) is 25.3 Å². The van der Waals surface area contributed by atoms with E-state index in [1.54, 1.807) is 0 Å². The number of Topliss-reactive ketones (excluding diaryl/α,β-unsaturated/α-hetero) is 1. The Morgan fingerprint density at radius 3 is 2.68 bits per heavy atom. The molecular weight excluding hydrogens is 366 g/mol. The number of phenols is 1. The third-order valence-electron chi connectivity index (χ3n) is 4.88. The van der Waals surface area contributed by atoms with Crippen LogP contribution < -0.4 is 10.5 Å². The van der Waals surface area contributed by atoms with Crippen molar-refractivity contribution in [1.82, 2.24) is 0 Å². The first-order valence-corrected chi connectivity index (χ1v) is 8.48. The summed E-state index contributed by atoms with van der Waals surface area (Å²) in [7, 11) is 1.20. The van der Waals surface area contributed by atoms with Crippen LogP contribution in [0.25, 0.3) is 0 Å². The summed E-state index contributed by atoms with van der Waals surface area (Å²) in [5, 5.41) is 31.3. The number of nitrogens with zero attached hydrogens (tertiary/aromatic N) is 2. The highest BCUT2D eigenvalue weighted by molar-refractivity contribution is 6.00. The van der Waals surface area contributed by atoms with Crippen LogP contribution in [0.15, 0.2) is 34.9 Å². The first-order chi connectivity index (χ1) is 13.1.